The van der Waals surface area contributed by atoms with Crippen LogP contribution in [0.1, 0.15) is 36.8 Å². The SMILES string of the molecule is COc1ccc(CCC(=O)Nc2ccc(N3CCCCC3=O)c(C)c2)cc1. The van der Waals surface area contributed by atoms with E-state index in [2.05, 4.69) is 5.32 Å². The van der Waals surface area contributed by atoms with Crippen molar-refractivity contribution in [3.63, 3.8) is 0 Å². The Morgan fingerprint density at radius 3 is 2.59 bits per heavy atom. The molecule has 2 aromatic rings. The number of anilines is 2. The molecule has 1 saturated heterocycles. The van der Waals surface area contributed by atoms with E-state index in [0.717, 1.165) is 47.6 Å². The summed E-state index contributed by atoms with van der Waals surface area (Å²) in [5.41, 5.74) is 3.80. The van der Waals surface area contributed by atoms with Gasteiger partial charge in [-0.15, -0.1) is 0 Å². The van der Waals surface area contributed by atoms with Gasteiger partial charge in [0.25, 0.3) is 0 Å². The highest BCUT2D eigenvalue weighted by molar-refractivity contribution is 5.96. The molecule has 5 nitrogen and oxygen atoms in total. The lowest BCUT2D eigenvalue weighted by atomic mass is 10.1. The Hall–Kier alpha value is -2.82. The monoisotopic (exact) mass is 366 g/mol. The van der Waals surface area contributed by atoms with Crippen molar-refractivity contribution in [2.24, 2.45) is 0 Å². The molecule has 3 rings (SSSR count). The van der Waals surface area contributed by atoms with Crippen LogP contribution in [-0.4, -0.2) is 25.5 Å². The Balaban J connectivity index is 1.57. The summed E-state index contributed by atoms with van der Waals surface area (Å²) >= 11 is 0. The molecule has 0 unspecified atom stereocenters. The lowest BCUT2D eigenvalue weighted by Gasteiger charge is -2.28. The highest BCUT2D eigenvalue weighted by Crippen LogP contribution is 2.27. The molecule has 142 valence electrons. The maximum Gasteiger partial charge on any atom is 0.226 e. The van der Waals surface area contributed by atoms with Crippen LogP contribution in [0.15, 0.2) is 42.5 Å². The van der Waals surface area contributed by atoms with Gasteiger partial charge in [-0.05, 0) is 67.6 Å². The van der Waals surface area contributed by atoms with Crippen LogP contribution in [0.5, 0.6) is 5.75 Å². The van der Waals surface area contributed by atoms with Crippen LogP contribution in [0.3, 0.4) is 0 Å². The van der Waals surface area contributed by atoms with E-state index >= 15 is 0 Å². The topological polar surface area (TPSA) is 58.6 Å². The number of methoxy groups -OCH3 is 1. The van der Waals surface area contributed by atoms with Crippen LogP contribution < -0.4 is 15.0 Å². The number of hydrogen-bond acceptors (Lipinski definition) is 3. The van der Waals surface area contributed by atoms with Crippen molar-refractivity contribution < 1.29 is 14.3 Å². The molecule has 2 aromatic carbocycles. The summed E-state index contributed by atoms with van der Waals surface area (Å²) in [5, 5.41) is 2.95. The molecule has 2 amide bonds. The van der Waals surface area contributed by atoms with E-state index in [-0.39, 0.29) is 11.8 Å². The van der Waals surface area contributed by atoms with Crippen LogP contribution in [0.2, 0.25) is 0 Å². The van der Waals surface area contributed by atoms with Gasteiger partial charge in [-0.1, -0.05) is 12.1 Å². The largest absolute Gasteiger partial charge is 0.497 e. The summed E-state index contributed by atoms with van der Waals surface area (Å²) in [6.45, 7) is 2.75. The normalized spacial score (nSPS) is 14.1. The predicted octanol–water partition coefficient (Wildman–Crippen LogP) is 4.09. The zero-order valence-corrected chi connectivity index (χ0v) is 16.0. The van der Waals surface area contributed by atoms with Crippen molar-refractivity contribution >= 4 is 23.2 Å². The summed E-state index contributed by atoms with van der Waals surface area (Å²) in [6, 6.07) is 13.5. The van der Waals surface area contributed by atoms with Crippen LogP contribution >= 0.6 is 0 Å². The average molecular weight is 366 g/mol. The number of carbonyl (C=O) groups is 2. The average Bonchev–Trinajstić information content (AvgIpc) is 2.68. The van der Waals surface area contributed by atoms with Gasteiger partial charge in [0, 0.05) is 30.8 Å². The van der Waals surface area contributed by atoms with E-state index in [1.807, 2.05) is 54.3 Å². The maximum atomic E-state index is 12.3. The summed E-state index contributed by atoms with van der Waals surface area (Å²) in [6.07, 6.45) is 3.71. The van der Waals surface area contributed by atoms with Crippen molar-refractivity contribution in [1.82, 2.24) is 0 Å². The third-order valence-corrected chi connectivity index (χ3v) is 4.89. The van der Waals surface area contributed by atoms with Gasteiger partial charge >= 0.3 is 0 Å². The molecule has 1 aliphatic rings. The quantitative estimate of drug-likeness (QED) is 0.838. The summed E-state index contributed by atoms with van der Waals surface area (Å²) in [4.78, 5) is 26.2. The number of amides is 2. The zero-order valence-electron chi connectivity index (χ0n) is 16.0. The predicted molar refractivity (Wildman–Crippen MR) is 107 cm³/mol. The fourth-order valence-electron chi connectivity index (χ4n) is 3.37. The Kier molecular flexibility index (Phi) is 6.12. The number of benzene rings is 2. The lowest BCUT2D eigenvalue weighted by molar-refractivity contribution is -0.119. The molecule has 0 aromatic heterocycles. The second-order valence-electron chi connectivity index (χ2n) is 6.90. The molecule has 0 aliphatic carbocycles. The smallest absolute Gasteiger partial charge is 0.226 e. The van der Waals surface area contributed by atoms with Gasteiger partial charge in [0.2, 0.25) is 11.8 Å². The second-order valence-corrected chi connectivity index (χ2v) is 6.90. The summed E-state index contributed by atoms with van der Waals surface area (Å²) in [5.74, 6) is 0.971. The van der Waals surface area contributed by atoms with E-state index in [4.69, 9.17) is 4.74 Å². The summed E-state index contributed by atoms with van der Waals surface area (Å²) in [7, 11) is 1.64. The number of nitrogens with one attached hydrogen (secondary N) is 1. The van der Waals surface area contributed by atoms with Crippen molar-refractivity contribution in [2.45, 2.75) is 39.0 Å². The van der Waals surface area contributed by atoms with E-state index < -0.39 is 0 Å². The van der Waals surface area contributed by atoms with E-state index in [9.17, 15) is 9.59 Å². The van der Waals surface area contributed by atoms with Gasteiger partial charge in [0.15, 0.2) is 0 Å². The van der Waals surface area contributed by atoms with Gasteiger partial charge < -0.3 is 15.0 Å². The molecule has 1 fully saturated rings. The van der Waals surface area contributed by atoms with Gasteiger partial charge in [-0.25, -0.2) is 0 Å². The van der Waals surface area contributed by atoms with Crippen LogP contribution in [0.25, 0.3) is 0 Å². The highest BCUT2D eigenvalue weighted by Gasteiger charge is 2.21. The first-order chi connectivity index (χ1) is 13.1. The molecule has 27 heavy (non-hydrogen) atoms. The highest BCUT2D eigenvalue weighted by atomic mass is 16.5. The molecule has 0 radical (unpaired) electrons. The van der Waals surface area contributed by atoms with E-state index in [1.54, 1.807) is 7.11 Å². The molecule has 1 aliphatic heterocycles. The molecule has 0 bridgehead atoms. The van der Waals surface area contributed by atoms with E-state index in [0.29, 0.717) is 19.3 Å². The number of ether oxygens (including phenoxy) is 1. The Morgan fingerprint density at radius 2 is 1.93 bits per heavy atom. The van der Waals surface area contributed by atoms with Gasteiger partial charge in [-0.3, -0.25) is 9.59 Å². The Bertz CT molecular complexity index is 815. The molecule has 1 N–H and O–H groups in total. The van der Waals surface area contributed by atoms with E-state index in [1.165, 1.54) is 0 Å². The first-order valence-electron chi connectivity index (χ1n) is 9.40. The minimum Gasteiger partial charge on any atom is -0.497 e. The fraction of sp³-hybridized carbons (Fsp3) is 0.364. The Morgan fingerprint density at radius 1 is 1.15 bits per heavy atom. The molecule has 1 heterocycles. The number of hydrogen-bond donors (Lipinski definition) is 1. The van der Waals surface area contributed by atoms with Crippen molar-refractivity contribution in [3.05, 3.63) is 53.6 Å². The van der Waals surface area contributed by atoms with Crippen molar-refractivity contribution in [2.75, 3.05) is 23.9 Å². The summed E-state index contributed by atoms with van der Waals surface area (Å²) < 4.78 is 5.14. The first kappa shape index (κ1) is 19.0. The lowest BCUT2D eigenvalue weighted by Crippen LogP contribution is -2.35. The minimum absolute atomic E-state index is 0.0213. The van der Waals surface area contributed by atoms with Gasteiger partial charge in [0.1, 0.15) is 5.75 Å². The second kappa shape index (κ2) is 8.71. The Labute approximate surface area is 160 Å². The molecule has 5 heteroatoms. The number of nitrogens with zero attached hydrogens (tertiary/aromatic N) is 1. The standard InChI is InChI=1S/C22H26N2O3/c1-16-15-18(9-12-20(16)24-14-4-3-5-22(24)26)23-21(25)13-8-17-6-10-19(27-2)11-7-17/h6-7,9-12,15H,3-5,8,13-14H2,1-2H3,(H,23,25). The molecular weight excluding hydrogens is 340 g/mol. The van der Waals surface area contributed by atoms with Crippen LogP contribution in [-0.2, 0) is 16.0 Å². The first-order valence-corrected chi connectivity index (χ1v) is 9.40. The van der Waals surface area contributed by atoms with Gasteiger partial charge in [0.05, 0.1) is 7.11 Å². The molecule has 0 atom stereocenters. The zero-order chi connectivity index (χ0) is 19.2. The molecule has 0 spiro atoms. The minimum atomic E-state index is -0.0213. The van der Waals surface area contributed by atoms with Crippen LogP contribution in [0.4, 0.5) is 11.4 Å². The molecule has 0 saturated carbocycles. The third-order valence-electron chi connectivity index (χ3n) is 4.89. The maximum absolute atomic E-state index is 12.3. The third kappa shape index (κ3) is 4.88. The number of carbonyl (C=O) groups excluding carboxylic acids is 2. The molecular formula is C22H26N2O3. The number of aryl methyl sites for hydroxylation is 2. The van der Waals surface area contributed by atoms with Crippen molar-refractivity contribution in [1.29, 1.82) is 0 Å². The van der Waals surface area contributed by atoms with Gasteiger partial charge in [-0.2, -0.15) is 0 Å². The number of rotatable bonds is 6. The van der Waals surface area contributed by atoms with Crippen molar-refractivity contribution in [3.8, 4) is 5.75 Å². The number of piperidine rings is 1. The fourth-order valence-corrected chi connectivity index (χ4v) is 3.37. The van der Waals surface area contributed by atoms with Crippen LogP contribution in [0, 0.1) is 6.92 Å².